The van der Waals surface area contributed by atoms with Gasteiger partial charge in [-0.05, 0) is 61.1 Å². The molecule has 188 valence electrons. The van der Waals surface area contributed by atoms with E-state index in [1.54, 1.807) is 28.0 Å². The first-order valence-electron chi connectivity index (χ1n) is 11.8. The van der Waals surface area contributed by atoms with Crippen molar-refractivity contribution in [1.82, 2.24) is 15.0 Å². The molecule has 9 nitrogen and oxygen atoms in total. The number of carbonyl (C=O) groups is 1. The smallest absolute Gasteiger partial charge is 0.269 e. The second kappa shape index (κ2) is 11.1. The lowest BCUT2D eigenvalue weighted by Gasteiger charge is -2.12. The molecule has 0 saturated carbocycles. The standard InChI is InChI=1S/C26H23N5O4S2/c32-22(29-27-15-17-11-13-19(14-12-17)31(34)35)16-36-26-28-24-23(20-9-5-2-6-10-21(20)37-24)25(33)30(26)18-7-3-1-4-8-18/h1,3-4,7-8,11-15H,2,5-6,9-10,16H2,(H,29,32)/b27-15+. The average molecular weight is 534 g/mol. The lowest BCUT2D eigenvalue weighted by molar-refractivity contribution is -0.384. The summed E-state index contributed by atoms with van der Waals surface area (Å²) in [6.07, 6.45) is 6.63. The maximum absolute atomic E-state index is 13.8. The Labute approximate surface area is 220 Å². The van der Waals surface area contributed by atoms with Crippen LogP contribution in [0.25, 0.3) is 15.9 Å². The monoisotopic (exact) mass is 533 g/mol. The van der Waals surface area contributed by atoms with Crippen molar-refractivity contribution in [3.05, 3.63) is 91.1 Å². The normalized spacial score (nSPS) is 13.4. The Morgan fingerprint density at radius 1 is 1.14 bits per heavy atom. The number of nitro groups is 1. The van der Waals surface area contributed by atoms with Crippen molar-refractivity contribution in [2.75, 3.05) is 5.75 Å². The summed E-state index contributed by atoms with van der Waals surface area (Å²) in [5.74, 6) is -0.355. The largest absolute Gasteiger partial charge is 0.272 e. The highest BCUT2D eigenvalue weighted by Gasteiger charge is 2.22. The molecule has 37 heavy (non-hydrogen) atoms. The second-order valence-corrected chi connectivity index (χ2v) is 10.6. The molecule has 4 aromatic rings. The van der Waals surface area contributed by atoms with Gasteiger partial charge in [0.05, 0.1) is 28.0 Å². The third-order valence-corrected chi connectivity index (χ3v) is 8.19. The maximum atomic E-state index is 13.8. The van der Waals surface area contributed by atoms with Crippen molar-refractivity contribution in [2.45, 2.75) is 37.3 Å². The lowest BCUT2D eigenvalue weighted by Crippen LogP contribution is -2.24. The summed E-state index contributed by atoms with van der Waals surface area (Å²) >= 11 is 2.77. The molecule has 2 aromatic carbocycles. The molecule has 1 aliphatic carbocycles. The Kier molecular flexibility index (Phi) is 7.42. The number of aromatic nitrogens is 2. The quantitative estimate of drug-likeness (QED) is 0.0904. The van der Waals surface area contributed by atoms with Crippen LogP contribution in [0.1, 0.15) is 35.3 Å². The van der Waals surface area contributed by atoms with E-state index in [2.05, 4.69) is 10.5 Å². The molecule has 0 spiro atoms. The van der Waals surface area contributed by atoms with E-state index in [9.17, 15) is 19.7 Å². The Balaban J connectivity index is 1.38. The summed E-state index contributed by atoms with van der Waals surface area (Å²) in [5, 5.41) is 15.9. The fourth-order valence-corrected chi connectivity index (χ4v) is 6.40. The fourth-order valence-electron chi connectivity index (χ4n) is 4.29. The van der Waals surface area contributed by atoms with E-state index in [1.807, 2.05) is 30.3 Å². The number of nitro benzene ring substituents is 1. The first-order valence-corrected chi connectivity index (χ1v) is 13.6. The molecule has 1 amide bonds. The Morgan fingerprint density at radius 2 is 1.89 bits per heavy atom. The van der Waals surface area contributed by atoms with Crippen LogP contribution >= 0.6 is 23.1 Å². The number of non-ortho nitro benzene ring substituents is 1. The van der Waals surface area contributed by atoms with E-state index in [-0.39, 0.29) is 22.9 Å². The summed E-state index contributed by atoms with van der Waals surface area (Å²) in [6.45, 7) is 0. The summed E-state index contributed by atoms with van der Waals surface area (Å²) in [5.41, 5.74) is 4.79. The molecular weight excluding hydrogens is 510 g/mol. The number of para-hydroxylation sites is 1. The number of hydrogen-bond acceptors (Lipinski definition) is 8. The van der Waals surface area contributed by atoms with Gasteiger partial charge in [-0.1, -0.05) is 36.4 Å². The number of hydrogen-bond donors (Lipinski definition) is 1. The number of benzene rings is 2. The third kappa shape index (κ3) is 5.47. The molecule has 5 rings (SSSR count). The number of nitrogens with one attached hydrogen (secondary N) is 1. The molecule has 0 fully saturated rings. The van der Waals surface area contributed by atoms with E-state index in [0.29, 0.717) is 21.8 Å². The molecule has 0 radical (unpaired) electrons. The number of rotatable bonds is 7. The van der Waals surface area contributed by atoms with Gasteiger partial charge >= 0.3 is 0 Å². The van der Waals surface area contributed by atoms with E-state index >= 15 is 0 Å². The van der Waals surface area contributed by atoms with Gasteiger partial charge in [0.15, 0.2) is 5.16 Å². The molecule has 0 atom stereocenters. The van der Waals surface area contributed by atoms with E-state index in [1.165, 1.54) is 41.4 Å². The molecule has 0 unspecified atom stereocenters. The van der Waals surface area contributed by atoms with Crippen LogP contribution in [0.4, 0.5) is 5.69 Å². The number of nitrogens with zero attached hydrogens (tertiary/aromatic N) is 4. The number of hydrazone groups is 1. The molecule has 2 aromatic heterocycles. The predicted molar refractivity (Wildman–Crippen MR) is 146 cm³/mol. The van der Waals surface area contributed by atoms with E-state index in [0.717, 1.165) is 36.1 Å². The Morgan fingerprint density at radius 3 is 2.65 bits per heavy atom. The summed E-state index contributed by atoms with van der Waals surface area (Å²) in [6, 6.07) is 15.2. The SMILES string of the molecule is O=C(CSc1nc2sc3c(c2c(=O)n1-c1ccccc1)CCCCC3)N/N=C/c1ccc([N+](=O)[O-])cc1. The average Bonchev–Trinajstić information content (AvgIpc) is 3.09. The zero-order chi connectivity index (χ0) is 25.8. The number of fused-ring (bicyclic) bond motifs is 3. The van der Waals surface area contributed by atoms with Crippen molar-refractivity contribution in [2.24, 2.45) is 5.10 Å². The number of thioether (sulfide) groups is 1. The molecule has 2 heterocycles. The van der Waals surface area contributed by atoms with E-state index < -0.39 is 4.92 Å². The van der Waals surface area contributed by atoms with Crippen molar-refractivity contribution in [3.63, 3.8) is 0 Å². The first kappa shape index (κ1) is 24.8. The molecule has 1 aliphatic rings. The zero-order valence-electron chi connectivity index (χ0n) is 19.8. The van der Waals surface area contributed by atoms with Gasteiger partial charge in [0.1, 0.15) is 4.83 Å². The molecule has 1 N–H and O–H groups in total. The lowest BCUT2D eigenvalue weighted by atomic mass is 10.1. The second-order valence-electron chi connectivity index (χ2n) is 8.55. The van der Waals surface area contributed by atoms with Crippen LogP contribution in [0.3, 0.4) is 0 Å². The minimum Gasteiger partial charge on any atom is -0.272 e. The number of amides is 1. The van der Waals surface area contributed by atoms with Gasteiger partial charge in [0.2, 0.25) is 0 Å². The Bertz CT molecular complexity index is 1550. The summed E-state index contributed by atoms with van der Waals surface area (Å²) in [7, 11) is 0. The van der Waals surface area contributed by atoms with Gasteiger partial charge < -0.3 is 0 Å². The van der Waals surface area contributed by atoms with Gasteiger partial charge in [-0.15, -0.1) is 11.3 Å². The first-order chi connectivity index (χ1) is 18.0. The summed E-state index contributed by atoms with van der Waals surface area (Å²) in [4.78, 5) is 43.4. The highest BCUT2D eigenvalue weighted by atomic mass is 32.2. The van der Waals surface area contributed by atoms with Crippen LogP contribution in [-0.4, -0.2) is 32.3 Å². The highest BCUT2D eigenvalue weighted by Crippen LogP contribution is 2.34. The van der Waals surface area contributed by atoms with Gasteiger partial charge in [0, 0.05) is 17.0 Å². The maximum Gasteiger partial charge on any atom is 0.269 e. The van der Waals surface area contributed by atoms with Crippen LogP contribution in [0.5, 0.6) is 0 Å². The van der Waals surface area contributed by atoms with E-state index in [4.69, 9.17) is 4.98 Å². The van der Waals surface area contributed by atoms with Gasteiger partial charge in [-0.3, -0.25) is 24.3 Å². The van der Waals surface area contributed by atoms with Gasteiger partial charge in [-0.2, -0.15) is 5.10 Å². The van der Waals surface area contributed by atoms with Crippen LogP contribution in [0.2, 0.25) is 0 Å². The predicted octanol–water partition coefficient (Wildman–Crippen LogP) is 4.87. The van der Waals surface area contributed by atoms with Crippen molar-refractivity contribution >= 4 is 51.1 Å². The molecule has 0 bridgehead atoms. The van der Waals surface area contributed by atoms with Crippen LogP contribution in [0, 0.1) is 10.1 Å². The minimum absolute atomic E-state index is 0.00741. The van der Waals surface area contributed by atoms with Crippen LogP contribution < -0.4 is 11.0 Å². The van der Waals surface area contributed by atoms with Crippen LogP contribution in [0.15, 0.2) is 69.6 Å². The summed E-state index contributed by atoms with van der Waals surface area (Å²) < 4.78 is 1.60. The van der Waals surface area contributed by atoms with Crippen LogP contribution in [-0.2, 0) is 17.6 Å². The van der Waals surface area contributed by atoms with Gasteiger partial charge in [-0.25, -0.2) is 10.4 Å². The number of thiophene rings is 1. The van der Waals surface area contributed by atoms with Crippen molar-refractivity contribution in [1.29, 1.82) is 0 Å². The number of aryl methyl sites for hydroxylation is 2. The van der Waals surface area contributed by atoms with Crippen molar-refractivity contribution < 1.29 is 9.72 Å². The Hall–Kier alpha value is -3.83. The zero-order valence-corrected chi connectivity index (χ0v) is 21.4. The molecular formula is C26H23N5O4S2. The molecule has 0 aliphatic heterocycles. The topological polar surface area (TPSA) is 119 Å². The minimum atomic E-state index is -0.479. The highest BCUT2D eigenvalue weighted by molar-refractivity contribution is 7.99. The number of carbonyl (C=O) groups excluding carboxylic acids is 1. The fraction of sp³-hybridized carbons (Fsp3) is 0.231. The molecule has 11 heteroatoms. The van der Waals surface area contributed by atoms with Gasteiger partial charge in [0.25, 0.3) is 17.2 Å². The van der Waals surface area contributed by atoms with Crippen molar-refractivity contribution in [3.8, 4) is 5.69 Å². The molecule has 0 saturated heterocycles. The third-order valence-electron chi connectivity index (χ3n) is 6.06.